The Labute approximate surface area is 153 Å². The number of hydrogen-bond donors (Lipinski definition) is 0. The van der Waals surface area contributed by atoms with Gasteiger partial charge in [0.25, 0.3) is 0 Å². The van der Waals surface area contributed by atoms with Crippen LogP contribution in [0, 0.1) is 0 Å². The molecule has 4 aromatic rings. The summed E-state index contributed by atoms with van der Waals surface area (Å²) >= 11 is -2.50. The summed E-state index contributed by atoms with van der Waals surface area (Å²) in [4.78, 5) is 0. The van der Waals surface area contributed by atoms with Crippen LogP contribution in [-0.2, 0) is 20.2 Å². The van der Waals surface area contributed by atoms with E-state index in [1.54, 1.807) is 0 Å². The summed E-state index contributed by atoms with van der Waals surface area (Å²) in [5.74, 6) is 0. The monoisotopic (exact) mass is 376 g/mol. The van der Waals surface area contributed by atoms with Crippen molar-refractivity contribution >= 4 is 34.8 Å². The Kier molecular flexibility index (Phi) is 7.79. The quantitative estimate of drug-likeness (QED) is 0.207. The molecule has 0 spiro atoms. The van der Waals surface area contributed by atoms with Gasteiger partial charge in [-0.1, -0.05) is 12.1 Å². The van der Waals surface area contributed by atoms with Crippen molar-refractivity contribution in [2.75, 3.05) is 13.3 Å². The van der Waals surface area contributed by atoms with E-state index in [4.69, 9.17) is 0 Å². The van der Waals surface area contributed by atoms with E-state index in [2.05, 4.69) is 92.2 Å². The van der Waals surface area contributed by atoms with Crippen LogP contribution in [-0.4, -0.2) is 13.3 Å². The van der Waals surface area contributed by atoms with Crippen molar-refractivity contribution in [2.24, 2.45) is 0 Å². The molecule has 0 aliphatic carbocycles. The molecule has 0 unspecified atom stereocenters. The van der Waals surface area contributed by atoms with Crippen LogP contribution in [0.25, 0.3) is 21.5 Å². The summed E-state index contributed by atoms with van der Waals surface area (Å²) in [6.45, 7) is 4.59. The standard InChI is InChI=1S/C11H12P.C9H7.2FH.Ti/c1-12(2)11-7-9-5-3-4-6-10(9)8-11;1-2-5-9-7-3-6-8(9)4-1;;;/h3-8H,1-2H3;1-7H;2*1H;/q2*-1;;;+2/p-2. The average Bonchev–Trinajstić information content (AvgIpc) is 3.23. The first kappa shape index (κ1) is 19.0. The summed E-state index contributed by atoms with van der Waals surface area (Å²) < 4.78 is 19.5. The summed E-state index contributed by atoms with van der Waals surface area (Å²) in [5.41, 5.74) is 0. The fourth-order valence-corrected chi connectivity index (χ4v) is 3.26. The smallest absolute Gasteiger partial charge is 0.0809 e. The van der Waals surface area contributed by atoms with Crippen molar-refractivity contribution in [2.45, 2.75) is 0 Å². The Morgan fingerprint density at radius 1 is 0.833 bits per heavy atom. The normalized spacial score (nSPS) is 10.0. The van der Waals surface area contributed by atoms with E-state index in [0.717, 1.165) is 0 Å². The summed E-state index contributed by atoms with van der Waals surface area (Å²) in [6.07, 6.45) is 0. The first-order valence-electron chi connectivity index (χ1n) is 7.55. The number of rotatable bonds is 1. The van der Waals surface area contributed by atoms with Crippen LogP contribution in [0.2, 0.25) is 0 Å². The SMILES string of the molecule is CP(C)c1cc2ccccc2[cH-]1.[F][Ti][F].c1ccc2[cH-]ccc2c1. The largest absolute Gasteiger partial charge is 0.168 e. The molecule has 0 amide bonds. The first-order chi connectivity index (χ1) is 11.7. The van der Waals surface area contributed by atoms with Gasteiger partial charge in [0.05, 0.1) is 0 Å². The van der Waals surface area contributed by atoms with Crippen LogP contribution in [0.1, 0.15) is 0 Å². The molecule has 124 valence electrons. The van der Waals surface area contributed by atoms with Gasteiger partial charge in [-0.05, 0) is 13.3 Å². The Morgan fingerprint density at radius 2 is 1.42 bits per heavy atom. The third-order valence-electron chi connectivity index (χ3n) is 3.67. The van der Waals surface area contributed by atoms with Crippen molar-refractivity contribution in [3.8, 4) is 0 Å². The van der Waals surface area contributed by atoms with Gasteiger partial charge in [-0.15, -0.1) is 77.9 Å². The second-order valence-corrected chi connectivity index (χ2v) is 7.99. The molecule has 0 heterocycles. The van der Waals surface area contributed by atoms with Gasteiger partial charge in [-0.25, -0.2) is 0 Å². The molecule has 0 N–H and O–H groups in total. The number of halogens is 2. The molecule has 0 radical (unpaired) electrons. The predicted molar refractivity (Wildman–Crippen MR) is 99.7 cm³/mol. The number of benzene rings is 2. The molecule has 0 bridgehead atoms. The third kappa shape index (κ3) is 5.35. The molecule has 0 aliphatic rings. The summed E-state index contributed by atoms with van der Waals surface area (Å²) in [6, 6.07) is 27.8. The Morgan fingerprint density at radius 3 is 2.00 bits per heavy atom. The molecular formula is C20H19F2PTi-2. The average molecular weight is 376 g/mol. The van der Waals surface area contributed by atoms with E-state index < -0.39 is 20.2 Å². The number of hydrogen-bond acceptors (Lipinski definition) is 0. The third-order valence-corrected chi connectivity index (χ3v) is 4.96. The van der Waals surface area contributed by atoms with Crippen LogP contribution in [0.15, 0.2) is 78.9 Å². The van der Waals surface area contributed by atoms with Crippen molar-refractivity contribution in [3.05, 3.63) is 78.9 Å². The maximum Gasteiger partial charge on any atom is -0.0809 e. The van der Waals surface area contributed by atoms with Gasteiger partial charge in [0.15, 0.2) is 0 Å². The molecule has 4 rings (SSSR count). The summed E-state index contributed by atoms with van der Waals surface area (Å²) in [5, 5.41) is 6.92. The Hall–Kier alpha value is -1.34. The zero-order valence-electron chi connectivity index (χ0n) is 13.7. The second kappa shape index (κ2) is 9.84. The topological polar surface area (TPSA) is 0 Å². The van der Waals surface area contributed by atoms with Crippen molar-refractivity contribution in [3.63, 3.8) is 0 Å². The molecule has 0 nitrogen and oxygen atoms in total. The fraction of sp³-hybridized carbons (Fsp3) is 0.100. The second-order valence-electron chi connectivity index (χ2n) is 5.46. The molecule has 0 atom stereocenters. The van der Waals surface area contributed by atoms with Crippen LogP contribution >= 0.6 is 7.92 Å². The molecule has 0 saturated carbocycles. The predicted octanol–water partition coefficient (Wildman–Crippen LogP) is 6.32. The van der Waals surface area contributed by atoms with Gasteiger partial charge in [0.1, 0.15) is 0 Å². The number of fused-ring (bicyclic) bond motifs is 2. The molecule has 0 fully saturated rings. The van der Waals surface area contributed by atoms with E-state index in [1.165, 1.54) is 26.8 Å². The summed E-state index contributed by atoms with van der Waals surface area (Å²) in [7, 11) is 0.0576. The first-order valence-corrected chi connectivity index (χ1v) is 11.0. The van der Waals surface area contributed by atoms with Gasteiger partial charge in [-0.2, -0.15) is 23.6 Å². The molecule has 0 aromatic heterocycles. The van der Waals surface area contributed by atoms with Crippen LogP contribution in [0.3, 0.4) is 0 Å². The van der Waals surface area contributed by atoms with Crippen molar-refractivity contribution in [1.82, 2.24) is 0 Å². The van der Waals surface area contributed by atoms with Gasteiger partial charge in [-0.3, -0.25) is 0 Å². The van der Waals surface area contributed by atoms with E-state index in [-0.39, 0.29) is 7.92 Å². The van der Waals surface area contributed by atoms with E-state index in [0.29, 0.717) is 0 Å². The molecule has 0 aliphatic heterocycles. The minimum absolute atomic E-state index is 0.0576. The van der Waals surface area contributed by atoms with Gasteiger partial charge in [0.2, 0.25) is 0 Å². The minimum Gasteiger partial charge on any atom is -0.168 e. The molecule has 24 heavy (non-hydrogen) atoms. The van der Waals surface area contributed by atoms with Crippen molar-refractivity contribution < 1.29 is 26.4 Å². The molecule has 4 aromatic carbocycles. The van der Waals surface area contributed by atoms with Crippen LogP contribution in [0.5, 0.6) is 0 Å². The molecule has 4 heteroatoms. The Balaban J connectivity index is 0.000000154. The Bertz CT molecular complexity index is 801. The van der Waals surface area contributed by atoms with E-state index in [9.17, 15) is 6.18 Å². The van der Waals surface area contributed by atoms with Crippen LogP contribution < -0.4 is 5.30 Å². The fourth-order valence-electron chi connectivity index (χ4n) is 2.46. The van der Waals surface area contributed by atoms with Gasteiger partial charge < -0.3 is 0 Å². The minimum atomic E-state index is -2.50. The van der Waals surface area contributed by atoms with Crippen molar-refractivity contribution in [1.29, 1.82) is 0 Å². The molecular weight excluding hydrogens is 357 g/mol. The maximum absolute atomic E-state index is 9.75. The van der Waals surface area contributed by atoms with E-state index in [1.807, 2.05) is 0 Å². The zero-order chi connectivity index (χ0) is 17.4. The maximum atomic E-state index is 9.75. The zero-order valence-corrected chi connectivity index (χ0v) is 16.2. The van der Waals surface area contributed by atoms with E-state index >= 15 is 0 Å². The molecule has 0 saturated heterocycles. The van der Waals surface area contributed by atoms with Gasteiger partial charge >= 0.3 is 26.4 Å². The van der Waals surface area contributed by atoms with Gasteiger partial charge in [0, 0.05) is 0 Å². The van der Waals surface area contributed by atoms with Crippen LogP contribution in [0.4, 0.5) is 6.18 Å².